The van der Waals surface area contributed by atoms with Gasteiger partial charge in [0.2, 0.25) is 0 Å². The van der Waals surface area contributed by atoms with Crippen LogP contribution in [0.4, 0.5) is 0 Å². The van der Waals surface area contributed by atoms with Crippen LogP contribution in [0.25, 0.3) is 0 Å². The van der Waals surface area contributed by atoms with Crippen LogP contribution in [-0.2, 0) is 9.53 Å². The monoisotopic (exact) mass is 160 g/mol. The van der Waals surface area contributed by atoms with E-state index in [9.17, 15) is 4.79 Å². The Morgan fingerprint density at radius 2 is 2.20 bits per heavy atom. The predicted molar refractivity (Wildman–Crippen MR) is 43.9 cm³/mol. The van der Waals surface area contributed by atoms with E-state index in [-0.39, 0.29) is 4.91 Å². The fourth-order valence-corrected chi connectivity index (χ4v) is 0.390. The third-order valence-electron chi connectivity index (χ3n) is 0.783. The van der Waals surface area contributed by atoms with E-state index in [1.807, 2.05) is 13.8 Å². The summed E-state index contributed by atoms with van der Waals surface area (Å²) in [7, 11) is 0. The Morgan fingerprint density at radius 3 is 2.50 bits per heavy atom. The van der Waals surface area contributed by atoms with Gasteiger partial charge in [0.25, 0.3) is 0 Å². The lowest BCUT2D eigenvalue weighted by atomic mass is 10.2. The Kier molecular flexibility index (Phi) is 4.19. The number of hydrogen-bond acceptors (Lipinski definition) is 3. The molecule has 0 bridgehead atoms. The van der Waals surface area contributed by atoms with E-state index in [1.54, 1.807) is 0 Å². The third kappa shape index (κ3) is 4.44. The molecule has 0 fully saturated rings. The molecule has 0 radical (unpaired) electrons. The van der Waals surface area contributed by atoms with Gasteiger partial charge in [-0.05, 0) is 5.92 Å². The molecule has 0 aliphatic carbocycles. The van der Waals surface area contributed by atoms with Crippen molar-refractivity contribution in [2.75, 3.05) is 6.61 Å². The van der Waals surface area contributed by atoms with E-state index >= 15 is 0 Å². The molecule has 10 heavy (non-hydrogen) atoms. The van der Waals surface area contributed by atoms with Crippen LogP contribution in [0, 0.1) is 5.92 Å². The topological polar surface area (TPSA) is 26.3 Å². The summed E-state index contributed by atoms with van der Waals surface area (Å²) in [5.74, 6) is -0.0753. The van der Waals surface area contributed by atoms with E-state index in [1.165, 1.54) is 0 Å². The largest absolute Gasteiger partial charge is 0.461 e. The number of rotatable bonds is 3. The Labute approximate surface area is 66.7 Å². The molecule has 0 amide bonds. The average Bonchev–Trinajstić information content (AvgIpc) is 1.82. The number of esters is 1. The average molecular weight is 160 g/mol. The normalized spacial score (nSPS) is 9.60. The van der Waals surface area contributed by atoms with Crippen molar-refractivity contribution in [3.05, 3.63) is 11.5 Å². The molecule has 0 aromatic heterocycles. The summed E-state index contributed by atoms with van der Waals surface area (Å²) < 4.78 is 4.75. The van der Waals surface area contributed by atoms with Crippen LogP contribution in [0.2, 0.25) is 0 Å². The van der Waals surface area contributed by atoms with E-state index in [0.717, 1.165) is 0 Å². The fraction of sp³-hybridized carbons (Fsp3) is 0.571. The van der Waals surface area contributed by atoms with Crippen molar-refractivity contribution in [1.29, 1.82) is 0 Å². The Hall–Kier alpha value is -0.440. The molecule has 0 N–H and O–H groups in total. The first-order chi connectivity index (χ1) is 4.54. The molecule has 0 atom stereocenters. The van der Waals surface area contributed by atoms with Crippen LogP contribution in [0.3, 0.4) is 0 Å². The van der Waals surface area contributed by atoms with Crippen LogP contribution in [0.5, 0.6) is 0 Å². The first-order valence-electron chi connectivity index (χ1n) is 3.09. The maximum Gasteiger partial charge on any atom is 0.343 e. The van der Waals surface area contributed by atoms with E-state index in [4.69, 9.17) is 4.74 Å². The molecule has 0 rings (SSSR count). The summed E-state index contributed by atoms with van der Waals surface area (Å²) in [6, 6.07) is 0. The molecule has 0 aromatic carbocycles. The van der Waals surface area contributed by atoms with Crippen molar-refractivity contribution >= 4 is 18.6 Å². The molecular formula is C7H12O2S. The lowest BCUT2D eigenvalue weighted by Crippen LogP contribution is -2.09. The highest BCUT2D eigenvalue weighted by Crippen LogP contribution is 2.01. The van der Waals surface area contributed by atoms with E-state index in [2.05, 4.69) is 19.2 Å². The second kappa shape index (κ2) is 4.39. The Morgan fingerprint density at radius 1 is 1.70 bits per heavy atom. The zero-order valence-corrected chi connectivity index (χ0v) is 7.15. The number of ether oxygens (including phenoxy) is 1. The van der Waals surface area contributed by atoms with Gasteiger partial charge >= 0.3 is 5.97 Å². The second-order valence-corrected chi connectivity index (χ2v) is 2.98. The lowest BCUT2D eigenvalue weighted by molar-refractivity contribution is -0.139. The molecule has 0 aliphatic rings. The predicted octanol–water partition coefficient (Wildman–Crippen LogP) is 1.63. The molecule has 0 aromatic rings. The number of carbonyl (C=O) groups is 1. The first kappa shape index (κ1) is 9.56. The summed E-state index contributed by atoms with van der Waals surface area (Å²) in [6.45, 7) is 7.69. The van der Waals surface area contributed by atoms with Gasteiger partial charge in [-0.25, -0.2) is 4.79 Å². The summed E-state index contributed by atoms with van der Waals surface area (Å²) >= 11 is 3.73. The number of carbonyl (C=O) groups excluding carboxylic acids is 1. The van der Waals surface area contributed by atoms with Crippen molar-refractivity contribution in [2.45, 2.75) is 13.8 Å². The van der Waals surface area contributed by atoms with Crippen LogP contribution in [0.1, 0.15) is 13.8 Å². The summed E-state index contributed by atoms with van der Waals surface area (Å²) in [4.78, 5) is 10.8. The SMILES string of the molecule is C=C(S)C(=O)OCC(C)C. The van der Waals surface area contributed by atoms with E-state index in [0.29, 0.717) is 12.5 Å². The molecule has 0 aliphatic heterocycles. The minimum absolute atomic E-state index is 0.153. The van der Waals surface area contributed by atoms with Gasteiger partial charge in [-0.3, -0.25) is 0 Å². The molecule has 3 heteroatoms. The maximum absolute atomic E-state index is 10.6. The van der Waals surface area contributed by atoms with Crippen LogP contribution < -0.4 is 0 Å². The molecule has 0 saturated heterocycles. The molecule has 0 heterocycles. The summed E-state index contributed by atoms with van der Waals surface area (Å²) in [6.07, 6.45) is 0. The molecule has 58 valence electrons. The Balaban J connectivity index is 3.50. The standard InChI is InChI=1S/C7H12O2S/c1-5(2)4-9-7(8)6(3)10/h5,10H,3-4H2,1-2H3. The Bertz CT molecular complexity index is 141. The van der Waals surface area contributed by atoms with Gasteiger partial charge in [0, 0.05) is 0 Å². The zero-order valence-electron chi connectivity index (χ0n) is 6.26. The minimum Gasteiger partial charge on any atom is -0.461 e. The second-order valence-electron chi connectivity index (χ2n) is 2.44. The first-order valence-corrected chi connectivity index (χ1v) is 3.53. The third-order valence-corrected chi connectivity index (χ3v) is 0.966. The fourth-order valence-electron chi connectivity index (χ4n) is 0.326. The molecule has 0 unspecified atom stereocenters. The summed E-state index contributed by atoms with van der Waals surface area (Å²) in [5.41, 5.74) is 0. The van der Waals surface area contributed by atoms with Crippen molar-refractivity contribution in [2.24, 2.45) is 5.92 Å². The molecule has 0 saturated carbocycles. The zero-order chi connectivity index (χ0) is 8.15. The van der Waals surface area contributed by atoms with Crippen LogP contribution in [0.15, 0.2) is 11.5 Å². The minimum atomic E-state index is -0.433. The van der Waals surface area contributed by atoms with Crippen LogP contribution >= 0.6 is 12.6 Å². The van der Waals surface area contributed by atoms with Crippen molar-refractivity contribution in [1.82, 2.24) is 0 Å². The van der Waals surface area contributed by atoms with Gasteiger partial charge in [0.15, 0.2) is 0 Å². The van der Waals surface area contributed by atoms with Crippen LogP contribution in [-0.4, -0.2) is 12.6 Å². The highest BCUT2D eigenvalue weighted by atomic mass is 32.1. The molecular weight excluding hydrogens is 148 g/mol. The van der Waals surface area contributed by atoms with Gasteiger partial charge in [0.05, 0.1) is 11.5 Å². The summed E-state index contributed by atoms with van der Waals surface area (Å²) in [5, 5.41) is 0. The van der Waals surface area contributed by atoms with Gasteiger partial charge in [-0.15, -0.1) is 12.6 Å². The van der Waals surface area contributed by atoms with Gasteiger partial charge in [-0.1, -0.05) is 20.4 Å². The lowest BCUT2D eigenvalue weighted by Gasteiger charge is -2.05. The van der Waals surface area contributed by atoms with Gasteiger partial charge in [-0.2, -0.15) is 0 Å². The quantitative estimate of drug-likeness (QED) is 0.386. The van der Waals surface area contributed by atoms with Crippen molar-refractivity contribution in [3.8, 4) is 0 Å². The number of thiol groups is 1. The maximum atomic E-state index is 10.6. The highest BCUT2D eigenvalue weighted by Gasteiger charge is 2.03. The molecule has 2 nitrogen and oxygen atoms in total. The van der Waals surface area contributed by atoms with Gasteiger partial charge in [0.1, 0.15) is 0 Å². The number of hydrogen-bond donors (Lipinski definition) is 1. The van der Waals surface area contributed by atoms with Gasteiger partial charge < -0.3 is 4.74 Å². The molecule has 0 spiro atoms. The smallest absolute Gasteiger partial charge is 0.343 e. The van der Waals surface area contributed by atoms with Crippen molar-refractivity contribution in [3.63, 3.8) is 0 Å². The highest BCUT2D eigenvalue weighted by molar-refractivity contribution is 7.85. The van der Waals surface area contributed by atoms with E-state index < -0.39 is 5.97 Å². The van der Waals surface area contributed by atoms with Crippen molar-refractivity contribution < 1.29 is 9.53 Å².